The van der Waals surface area contributed by atoms with Gasteiger partial charge in [-0.05, 0) is 62.8 Å². The van der Waals surface area contributed by atoms with Crippen molar-refractivity contribution in [3.8, 4) is 11.3 Å². The van der Waals surface area contributed by atoms with Crippen molar-refractivity contribution in [2.24, 2.45) is 5.41 Å². The van der Waals surface area contributed by atoms with E-state index >= 15 is 4.39 Å². The SMILES string of the molecule is CC(C)(C)OC(=O)CCCCN(C(=O)CSCCOCCOCCOCCOCCC(=O)O)[C@@H](c1nc(-c2cc(F)ccc2F)cn1Cc1ccccc1)C(C)(C)C. The van der Waals surface area contributed by atoms with Gasteiger partial charge in [0.15, 0.2) is 0 Å². The second kappa shape index (κ2) is 24.9. The summed E-state index contributed by atoms with van der Waals surface area (Å²) in [6.45, 7) is 15.0. The molecule has 3 rings (SSSR count). The smallest absolute Gasteiger partial charge is 0.306 e. The maximum Gasteiger partial charge on any atom is 0.306 e. The number of carbonyl (C=O) groups is 3. The molecule has 0 saturated heterocycles. The number of esters is 1. The van der Waals surface area contributed by atoms with Crippen LogP contribution in [0.15, 0.2) is 54.7 Å². The summed E-state index contributed by atoms with van der Waals surface area (Å²) >= 11 is 1.45. The Morgan fingerprint density at radius 3 is 2.05 bits per heavy atom. The molecule has 0 aliphatic rings. The summed E-state index contributed by atoms with van der Waals surface area (Å²) in [5, 5.41) is 8.61. The molecule has 1 atom stereocenters. The molecule has 0 saturated carbocycles. The fourth-order valence-corrected chi connectivity index (χ4v) is 6.72. The summed E-state index contributed by atoms with van der Waals surface area (Å²) < 4.78 is 58.8. The molecule has 322 valence electrons. The summed E-state index contributed by atoms with van der Waals surface area (Å²) in [6, 6.07) is 12.4. The maximum atomic E-state index is 15.2. The zero-order valence-electron chi connectivity index (χ0n) is 34.8. The van der Waals surface area contributed by atoms with Gasteiger partial charge in [-0.15, -0.1) is 11.8 Å². The second-order valence-corrected chi connectivity index (χ2v) is 16.9. The Balaban J connectivity index is 1.69. The fraction of sp³-hybridized carbons (Fsp3) is 0.581. The zero-order valence-corrected chi connectivity index (χ0v) is 35.6. The molecule has 58 heavy (non-hydrogen) atoms. The van der Waals surface area contributed by atoms with E-state index in [1.54, 1.807) is 6.20 Å². The molecule has 1 amide bonds. The van der Waals surface area contributed by atoms with E-state index in [4.69, 9.17) is 33.8 Å². The molecule has 1 aromatic heterocycles. The van der Waals surface area contributed by atoms with Crippen LogP contribution in [0.1, 0.15) is 84.7 Å². The Labute approximate surface area is 345 Å². The second-order valence-electron chi connectivity index (χ2n) is 15.8. The average molecular weight is 834 g/mol. The molecule has 1 heterocycles. The predicted molar refractivity (Wildman–Crippen MR) is 220 cm³/mol. The van der Waals surface area contributed by atoms with Crippen molar-refractivity contribution in [2.75, 3.05) is 70.9 Å². The number of thioether (sulfide) groups is 1. The fourth-order valence-electron chi connectivity index (χ4n) is 6.00. The first-order valence-corrected chi connectivity index (χ1v) is 20.9. The number of hydrogen-bond acceptors (Lipinski definition) is 10. The molecule has 0 bridgehead atoms. The number of aromatic nitrogens is 2. The van der Waals surface area contributed by atoms with Crippen molar-refractivity contribution in [2.45, 2.75) is 85.4 Å². The lowest BCUT2D eigenvalue weighted by Gasteiger charge is -2.40. The molecule has 0 spiro atoms. The number of unbranched alkanes of at least 4 members (excludes halogenated alkanes) is 1. The van der Waals surface area contributed by atoms with Crippen LogP contribution >= 0.6 is 11.8 Å². The van der Waals surface area contributed by atoms with E-state index in [0.29, 0.717) is 83.8 Å². The van der Waals surface area contributed by atoms with Gasteiger partial charge in [-0.1, -0.05) is 51.1 Å². The molecule has 1 N–H and O–H groups in total. The largest absolute Gasteiger partial charge is 0.481 e. The molecular formula is C43H61F2N3O9S. The molecule has 3 aromatic rings. The first-order valence-electron chi connectivity index (χ1n) is 19.7. The molecular weight excluding hydrogens is 773 g/mol. The van der Waals surface area contributed by atoms with E-state index in [-0.39, 0.29) is 48.3 Å². The Bertz CT molecular complexity index is 1700. The third-order valence-electron chi connectivity index (χ3n) is 8.53. The highest BCUT2D eigenvalue weighted by Gasteiger charge is 2.38. The van der Waals surface area contributed by atoms with Gasteiger partial charge in [0.1, 0.15) is 23.1 Å². The maximum absolute atomic E-state index is 15.2. The van der Waals surface area contributed by atoms with Crippen LogP contribution in [0.4, 0.5) is 8.78 Å². The van der Waals surface area contributed by atoms with E-state index in [9.17, 15) is 18.8 Å². The predicted octanol–water partition coefficient (Wildman–Crippen LogP) is 7.58. The highest BCUT2D eigenvalue weighted by molar-refractivity contribution is 7.99. The molecule has 2 aromatic carbocycles. The zero-order chi connectivity index (χ0) is 42.6. The Hall–Kier alpha value is -3.89. The van der Waals surface area contributed by atoms with Crippen molar-refractivity contribution >= 4 is 29.6 Å². The Morgan fingerprint density at radius 1 is 0.828 bits per heavy atom. The van der Waals surface area contributed by atoms with Crippen LogP contribution < -0.4 is 0 Å². The summed E-state index contributed by atoms with van der Waals surface area (Å²) in [6.07, 6.45) is 2.92. The number of carboxylic acids is 1. The Kier molecular flexibility index (Phi) is 20.8. The molecule has 0 fully saturated rings. The van der Waals surface area contributed by atoms with Gasteiger partial charge in [-0.3, -0.25) is 14.4 Å². The first kappa shape index (κ1) is 48.5. The number of carbonyl (C=O) groups excluding carboxylic acids is 2. The minimum atomic E-state index is -0.904. The van der Waals surface area contributed by atoms with Gasteiger partial charge in [0.05, 0.1) is 76.8 Å². The monoisotopic (exact) mass is 833 g/mol. The van der Waals surface area contributed by atoms with Crippen molar-refractivity contribution in [3.05, 3.63) is 77.8 Å². The van der Waals surface area contributed by atoms with Crippen LogP contribution in [0.2, 0.25) is 0 Å². The molecule has 0 aliphatic heterocycles. The van der Waals surface area contributed by atoms with Gasteiger partial charge in [-0.2, -0.15) is 0 Å². The Morgan fingerprint density at radius 2 is 1.45 bits per heavy atom. The highest BCUT2D eigenvalue weighted by atomic mass is 32.2. The quantitative estimate of drug-likeness (QED) is 0.0601. The van der Waals surface area contributed by atoms with Gasteiger partial charge in [0.25, 0.3) is 0 Å². The van der Waals surface area contributed by atoms with Crippen LogP contribution in [-0.2, 0) is 44.6 Å². The van der Waals surface area contributed by atoms with Gasteiger partial charge in [0, 0.05) is 37.0 Å². The summed E-state index contributed by atoms with van der Waals surface area (Å²) in [5.74, 6) is -1.24. The number of imidazole rings is 1. The molecule has 0 aliphatic carbocycles. The molecule has 12 nitrogen and oxygen atoms in total. The summed E-state index contributed by atoms with van der Waals surface area (Å²) in [5.41, 5.74) is 0.116. The summed E-state index contributed by atoms with van der Waals surface area (Å²) in [7, 11) is 0. The standard InChI is InChI=1S/C43H61F2N3O9S/c1-42(2,3)40(41-46-36(34-28-33(44)15-16-35(34)45)30-47(41)29-32-12-8-7-9-13-32)48(18-11-10-14-39(52)57-43(4,5)6)37(49)31-58-27-26-56-25-24-55-23-22-54-21-20-53-19-17-38(50)51/h7-9,12-13,15-16,28,30,40H,10-11,14,17-27,29,31H2,1-6H3,(H,50,51)/t40-/m0/s1. The van der Waals surface area contributed by atoms with Crippen LogP contribution in [0.5, 0.6) is 0 Å². The minimum absolute atomic E-state index is 0.0297. The van der Waals surface area contributed by atoms with E-state index < -0.39 is 34.7 Å². The van der Waals surface area contributed by atoms with Gasteiger partial charge >= 0.3 is 11.9 Å². The average Bonchev–Trinajstić information content (AvgIpc) is 3.54. The van der Waals surface area contributed by atoms with Crippen LogP contribution in [0, 0.1) is 17.0 Å². The number of amides is 1. The van der Waals surface area contributed by atoms with E-state index in [0.717, 1.165) is 23.8 Å². The highest BCUT2D eigenvalue weighted by Crippen LogP contribution is 2.40. The third kappa shape index (κ3) is 18.4. The third-order valence-corrected chi connectivity index (χ3v) is 9.43. The number of aliphatic carboxylic acids is 1. The number of benzene rings is 2. The van der Waals surface area contributed by atoms with Gasteiger partial charge in [0.2, 0.25) is 5.91 Å². The normalized spacial score (nSPS) is 12.4. The van der Waals surface area contributed by atoms with Crippen molar-refractivity contribution in [1.82, 2.24) is 14.5 Å². The van der Waals surface area contributed by atoms with Crippen molar-refractivity contribution in [3.63, 3.8) is 0 Å². The van der Waals surface area contributed by atoms with E-state index in [2.05, 4.69) is 0 Å². The lowest BCUT2D eigenvalue weighted by Crippen LogP contribution is -2.44. The van der Waals surface area contributed by atoms with Crippen molar-refractivity contribution in [1.29, 1.82) is 0 Å². The molecule has 0 unspecified atom stereocenters. The van der Waals surface area contributed by atoms with Gasteiger partial charge in [-0.25, -0.2) is 13.8 Å². The number of halogens is 2. The number of carboxylic acid groups (broad SMARTS) is 1. The van der Waals surface area contributed by atoms with Crippen LogP contribution in [0.25, 0.3) is 11.3 Å². The number of ether oxygens (including phenoxy) is 5. The lowest BCUT2D eigenvalue weighted by atomic mass is 9.84. The topological polar surface area (TPSA) is 139 Å². The van der Waals surface area contributed by atoms with E-state index in [1.807, 2.05) is 81.3 Å². The molecule has 0 radical (unpaired) electrons. The van der Waals surface area contributed by atoms with Crippen molar-refractivity contribution < 1.29 is 52.0 Å². The van der Waals surface area contributed by atoms with Gasteiger partial charge < -0.3 is 38.3 Å². The van der Waals surface area contributed by atoms with E-state index in [1.165, 1.54) is 11.8 Å². The summed E-state index contributed by atoms with van der Waals surface area (Å²) in [4.78, 5) is 44.1. The number of nitrogens with zero attached hydrogens (tertiary/aromatic N) is 3. The number of hydrogen-bond donors (Lipinski definition) is 1. The number of rotatable bonds is 27. The van der Waals surface area contributed by atoms with Crippen LogP contribution in [-0.4, -0.2) is 114 Å². The molecule has 15 heteroatoms. The minimum Gasteiger partial charge on any atom is -0.481 e. The lowest BCUT2D eigenvalue weighted by molar-refractivity contribution is -0.155. The first-order chi connectivity index (χ1) is 27.5. The van der Waals surface area contributed by atoms with Crippen LogP contribution in [0.3, 0.4) is 0 Å².